The van der Waals surface area contributed by atoms with Crippen LogP contribution in [0.3, 0.4) is 0 Å². The Morgan fingerprint density at radius 2 is 2.08 bits per heavy atom. The van der Waals surface area contributed by atoms with E-state index in [2.05, 4.69) is 4.74 Å². The number of rotatable bonds is 3. The summed E-state index contributed by atoms with van der Waals surface area (Å²) in [6.45, 7) is 0.356. The third-order valence-electron chi connectivity index (χ3n) is 3.81. The molecule has 1 aromatic carbocycles. The van der Waals surface area contributed by atoms with Crippen molar-refractivity contribution in [1.82, 2.24) is 0 Å². The predicted octanol–water partition coefficient (Wildman–Crippen LogP) is 2.68. The molecular formula is C15H17ClN2O4S2. The number of ether oxygens (including phenoxy) is 1. The minimum Gasteiger partial charge on any atom is -0.465 e. The number of halogens is 1. The lowest BCUT2D eigenvalue weighted by Gasteiger charge is -2.31. The number of hydrogen-bond acceptors (Lipinski definition) is 6. The standard InChI is InChI=1S/C15H16N2O4S2.ClH/c1-21-15(18)14-13(7-9-22-14)23(19,20)17-8-3-4-10-11(16)5-2-6-12(10)17;/h2,5-7,9H,3-4,8,16H2,1H3;1H. The first-order chi connectivity index (χ1) is 11.0. The molecule has 0 unspecified atom stereocenters. The Balaban J connectivity index is 0.00000208. The fourth-order valence-corrected chi connectivity index (χ4v) is 5.57. The van der Waals surface area contributed by atoms with Crippen LogP contribution in [0.5, 0.6) is 0 Å². The lowest BCUT2D eigenvalue weighted by molar-refractivity contribution is 0.0602. The van der Waals surface area contributed by atoms with Gasteiger partial charge in [0.05, 0.1) is 12.8 Å². The van der Waals surface area contributed by atoms with E-state index in [0.29, 0.717) is 24.3 Å². The Kier molecular flexibility index (Phi) is 5.42. The maximum absolute atomic E-state index is 13.0. The molecule has 0 bridgehead atoms. The van der Waals surface area contributed by atoms with Crippen molar-refractivity contribution >= 4 is 51.1 Å². The number of anilines is 2. The van der Waals surface area contributed by atoms with Gasteiger partial charge in [-0.3, -0.25) is 4.31 Å². The predicted molar refractivity (Wildman–Crippen MR) is 96.6 cm³/mol. The van der Waals surface area contributed by atoms with Crippen LogP contribution in [0, 0.1) is 0 Å². The zero-order valence-electron chi connectivity index (χ0n) is 12.9. The molecule has 0 aliphatic carbocycles. The molecular weight excluding hydrogens is 372 g/mol. The number of benzene rings is 1. The van der Waals surface area contributed by atoms with Gasteiger partial charge in [0, 0.05) is 12.2 Å². The van der Waals surface area contributed by atoms with Crippen LogP contribution in [0.15, 0.2) is 34.5 Å². The summed E-state index contributed by atoms with van der Waals surface area (Å²) in [7, 11) is -2.62. The first-order valence-electron chi connectivity index (χ1n) is 7.02. The number of esters is 1. The highest BCUT2D eigenvalue weighted by molar-refractivity contribution is 7.93. The van der Waals surface area contributed by atoms with E-state index >= 15 is 0 Å². The summed E-state index contributed by atoms with van der Waals surface area (Å²) in [5, 5.41) is 1.57. The van der Waals surface area contributed by atoms with Crippen molar-refractivity contribution < 1.29 is 17.9 Å². The molecule has 1 aromatic heterocycles. The molecule has 0 atom stereocenters. The Hall–Kier alpha value is -1.77. The zero-order chi connectivity index (χ0) is 16.6. The molecule has 0 saturated heterocycles. The average molecular weight is 389 g/mol. The minimum absolute atomic E-state index is 0. The van der Waals surface area contributed by atoms with Crippen molar-refractivity contribution in [2.24, 2.45) is 0 Å². The van der Waals surface area contributed by atoms with Gasteiger partial charge in [-0.2, -0.15) is 0 Å². The molecule has 130 valence electrons. The SMILES string of the molecule is COC(=O)c1sccc1S(=O)(=O)N1CCCc2c(N)cccc21.Cl. The molecule has 6 nitrogen and oxygen atoms in total. The quantitative estimate of drug-likeness (QED) is 0.644. The van der Waals surface area contributed by atoms with Gasteiger partial charge in [-0.25, -0.2) is 13.2 Å². The second-order valence-electron chi connectivity index (χ2n) is 5.13. The van der Waals surface area contributed by atoms with Gasteiger partial charge in [0.15, 0.2) is 0 Å². The lowest BCUT2D eigenvalue weighted by atomic mass is 10.0. The van der Waals surface area contributed by atoms with Crippen LogP contribution in [-0.4, -0.2) is 28.0 Å². The van der Waals surface area contributed by atoms with Gasteiger partial charge in [0.25, 0.3) is 10.0 Å². The highest BCUT2D eigenvalue weighted by Crippen LogP contribution is 2.36. The monoisotopic (exact) mass is 388 g/mol. The molecule has 9 heteroatoms. The van der Waals surface area contributed by atoms with Crippen LogP contribution in [0.4, 0.5) is 11.4 Å². The molecule has 1 aliphatic rings. The number of carbonyl (C=O) groups excluding carboxylic acids is 1. The van der Waals surface area contributed by atoms with Gasteiger partial charge in [0.1, 0.15) is 9.77 Å². The molecule has 2 heterocycles. The van der Waals surface area contributed by atoms with Crippen molar-refractivity contribution in [3.05, 3.63) is 40.1 Å². The van der Waals surface area contributed by atoms with Crippen LogP contribution < -0.4 is 10.0 Å². The molecule has 0 spiro atoms. The molecule has 1 aliphatic heterocycles. The van der Waals surface area contributed by atoms with Crippen LogP contribution in [-0.2, 0) is 21.2 Å². The Bertz CT molecular complexity index is 864. The molecule has 2 aromatic rings. The molecule has 3 rings (SSSR count). The number of nitrogens with two attached hydrogens (primary N) is 1. The normalized spacial score (nSPS) is 13.8. The highest BCUT2D eigenvalue weighted by atomic mass is 35.5. The van der Waals surface area contributed by atoms with E-state index in [9.17, 15) is 13.2 Å². The second kappa shape index (κ2) is 7.00. The fourth-order valence-electron chi connectivity index (χ4n) is 2.73. The number of methoxy groups -OCH3 is 1. The van der Waals surface area contributed by atoms with Crippen LogP contribution >= 0.6 is 23.7 Å². The molecule has 2 N–H and O–H groups in total. The summed E-state index contributed by atoms with van der Waals surface area (Å²) in [5.74, 6) is -0.650. The molecule has 0 fully saturated rings. The Morgan fingerprint density at radius 1 is 1.33 bits per heavy atom. The number of sulfonamides is 1. The molecule has 0 amide bonds. The molecule has 0 radical (unpaired) electrons. The van der Waals surface area contributed by atoms with Crippen molar-refractivity contribution in [3.63, 3.8) is 0 Å². The maximum atomic E-state index is 13.0. The third-order valence-corrected chi connectivity index (χ3v) is 6.69. The topological polar surface area (TPSA) is 89.7 Å². The third kappa shape index (κ3) is 2.97. The Labute approximate surface area is 150 Å². The van der Waals surface area contributed by atoms with Gasteiger partial charge in [-0.1, -0.05) is 6.07 Å². The first kappa shape index (κ1) is 18.6. The van der Waals surface area contributed by atoms with E-state index in [-0.39, 0.29) is 22.2 Å². The summed E-state index contributed by atoms with van der Waals surface area (Å²) >= 11 is 1.05. The highest BCUT2D eigenvalue weighted by Gasteiger charge is 2.33. The summed E-state index contributed by atoms with van der Waals surface area (Å²) in [5.41, 5.74) is 7.97. The average Bonchev–Trinajstić information content (AvgIpc) is 3.04. The smallest absolute Gasteiger partial charge is 0.349 e. The summed E-state index contributed by atoms with van der Waals surface area (Å²) in [4.78, 5) is 11.9. The molecule has 0 saturated carbocycles. The number of nitrogen functional groups attached to an aromatic ring is 1. The van der Waals surface area contributed by atoms with Crippen molar-refractivity contribution in [1.29, 1.82) is 0 Å². The summed E-state index contributed by atoms with van der Waals surface area (Å²) in [6, 6.07) is 6.68. The van der Waals surface area contributed by atoms with Gasteiger partial charge < -0.3 is 10.5 Å². The summed E-state index contributed by atoms with van der Waals surface area (Å²) < 4.78 is 32.1. The van der Waals surface area contributed by atoms with Gasteiger partial charge >= 0.3 is 5.97 Å². The van der Waals surface area contributed by atoms with Crippen LogP contribution in [0.2, 0.25) is 0 Å². The van der Waals surface area contributed by atoms with E-state index in [0.717, 1.165) is 23.3 Å². The Morgan fingerprint density at radius 3 is 2.79 bits per heavy atom. The van der Waals surface area contributed by atoms with E-state index < -0.39 is 16.0 Å². The van der Waals surface area contributed by atoms with E-state index in [1.165, 1.54) is 17.5 Å². The number of carbonyl (C=O) groups is 1. The van der Waals surface area contributed by atoms with E-state index in [1.54, 1.807) is 23.6 Å². The number of nitrogens with zero attached hydrogens (tertiary/aromatic N) is 1. The number of fused-ring (bicyclic) bond motifs is 1. The van der Waals surface area contributed by atoms with Crippen LogP contribution in [0.1, 0.15) is 21.7 Å². The zero-order valence-corrected chi connectivity index (χ0v) is 15.3. The number of thiophene rings is 1. The fraction of sp³-hybridized carbons (Fsp3) is 0.267. The van der Waals surface area contributed by atoms with Crippen molar-refractivity contribution in [2.75, 3.05) is 23.7 Å². The van der Waals surface area contributed by atoms with E-state index in [4.69, 9.17) is 5.73 Å². The number of hydrogen-bond donors (Lipinski definition) is 1. The lowest BCUT2D eigenvalue weighted by Crippen LogP contribution is -2.36. The van der Waals surface area contributed by atoms with E-state index in [1.807, 2.05) is 0 Å². The van der Waals surface area contributed by atoms with Gasteiger partial charge in [0.2, 0.25) is 0 Å². The second-order valence-corrected chi connectivity index (χ2v) is 7.88. The maximum Gasteiger partial charge on any atom is 0.349 e. The minimum atomic E-state index is -3.85. The van der Waals surface area contributed by atoms with Crippen molar-refractivity contribution in [3.8, 4) is 0 Å². The molecule has 24 heavy (non-hydrogen) atoms. The first-order valence-corrected chi connectivity index (χ1v) is 9.34. The van der Waals surface area contributed by atoms with Gasteiger partial charge in [-0.15, -0.1) is 23.7 Å². The summed E-state index contributed by atoms with van der Waals surface area (Å²) in [6.07, 6.45) is 1.42. The van der Waals surface area contributed by atoms with Crippen LogP contribution in [0.25, 0.3) is 0 Å². The largest absolute Gasteiger partial charge is 0.465 e. The van der Waals surface area contributed by atoms with Gasteiger partial charge in [-0.05, 0) is 42.0 Å². The van der Waals surface area contributed by atoms with Crippen molar-refractivity contribution in [2.45, 2.75) is 17.7 Å².